The van der Waals surface area contributed by atoms with Crippen LogP contribution in [0.15, 0.2) is 24.3 Å². The summed E-state index contributed by atoms with van der Waals surface area (Å²) in [6, 6.07) is 6.50. The van der Waals surface area contributed by atoms with Gasteiger partial charge >= 0.3 is 12.1 Å². The summed E-state index contributed by atoms with van der Waals surface area (Å²) in [5.74, 6) is -0.185. The predicted octanol–water partition coefficient (Wildman–Crippen LogP) is 3.56. The van der Waals surface area contributed by atoms with Crippen LogP contribution in [0.25, 0.3) is 0 Å². The second kappa shape index (κ2) is 7.21. The highest BCUT2D eigenvalue weighted by Gasteiger charge is 2.31. The van der Waals surface area contributed by atoms with Crippen molar-refractivity contribution >= 4 is 65.5 Å². The molecule has 0 heterocycles. The quantitative estimate of drug-likeness (QED) is 0.299. The maximum absolute atomic E-state index is 11.6. The summed E-state index contributed by atoms with van der Waals surface area (Å²) >= 11 is 9.20. The Balaban J connectivity index is 2.63. The van der Waals surface area contributed by atoms with Gasteiger partial charge in [-0.2, -0.15) is 4.79 Å². The zero-order valence-electron chi connectivity index (χ0n) is 11.7. The number of esters is 1. The van der Waals surface area contributed by atoms with Gasteiger partial charge in [-0.15, -0.1) is 0 Å². The number of hydrogen-bond donors (Lipinski definition) is 1. The first kappa shape index (κ1) is 18.6. The van der Waals surface area contributed by atoms with Crippen molar-refractivity contribution in [1.82, 2.24) is 0 Å². The molecule has 1 aromatic carbocycles. The topological polar surface area (TPSA) is 69.2 Å². The Labute approximate surface area is 148 Å². The summed E-state index contributed by atoms with van der Waals surface area (Å²) in [4.78, 5) is 23.2. The number of alkyl halides is 3. The van der Waals surface area contributed by atoms with Gasteiger partial charge in [0, 0.05) is 12.1 Å². The zero-order chi connectivity index (χ0) is 16.3. The van der Waals surface area contributed by atoms with Gasteiger partial charge in [0.15, 0.2) is 0 Å². The molecule has 1 amide bonds. The van der Waals surface area contributed by atoms with Crippen molar-refractivity contribution in [2.45, 2.75) is 28.5 Å². The number of quaternary nitrogens is 1. The lowest BCUT2D eigenvalue weighted by Crippen LogP contribution is -2.83. The van der Waals surface area contributed by atoms with Gasteiger partial charge in [0.05, 0.1) is 0 Å². The number of nitrogens with two attached hydrogens (primary N) is 1. The van der Waals surface area contributed by atoms with Gasteiger partial charge in [-0.1, -0.05) is 0 Å². The molecule has 0 aliphatic carbocycles. The van der Waals surface area contributed by atoms with Crippen molar-refractivity contribution in [3.8, 4) is 5.75 Å². The highest BCUT2D eigenvalue weighted by atomic mass is 80.0. The summed E-state index contributed by atoms with van der Waals surface area (Å²) in [7, 11) is 0. The van der Waals surface area contributed by atoms with Crippen LogP contribution in [0.4, 0.5) is 10.5 Å². The van der Waals surface area contributed by atoms with Gasteiger partial charge in [-0.25, -0.2) is 10.1 Å². The first-order valence-electron chi connectivity index (χ1n) is 5.94. The van der Waals surface area contributed by atoms with E-state index in [1.54, 1.807) is 45.0 Å². The van der Waals surface area contributed by atoms with E-state index in [1.807, 2.05) is 0 Å². The summed E-state index contributed by atoms with van der Waals surface area (Å²) in [6.45, 7) is 5.40. The van der Waals surface area contributed by atoms with Gasteiger partial charge in [-0.05, 0) is 80.7 Å². The average Bonchev–Trinajstić information content (AvgIpc) is 2.27. The first-order valence-corrected chi connectivity index (χ1v) is 8.32. The second-order valence-corrected chi connectivity index (χ2v) is 11.9. The maximum atomic E-state index is 11.6. The number of primary amides is 1. The van der Waals surface area contributed by atoms with E-state index >= 15 is 0 Å². The van der Waals surface area contributed by atoms with E-state index in [0.29, 0.717) is 11.4 Å². The van der Waals surface area contributed by atoms with Crippen LogP contribution in [0.2, 0.25) is 0 Å². The highest BCUT2D eigenvalue weighted by Crippen LogP contribution is 2.35. The number of benzene rings is 1. The third kappa shape index (κ3) is 7.39. The van der Waals surface area contributed by atoms with Crippen LogP contribution < -0.4 is 10.1 Å². The molecule has 0 radical (unpaired) electrons. The lowest BCUT2D eigenvalue weighted by molar-refractivity contribution is -0.486. The van der Waals surface area contributed by atoms with Crippen molar-refractivity contribution in [2.24, 2.45) is 0 Å². The number of amides is 1. The van der Waals surface area contributed by atoms with Crippen molar-refractivity contribution < 1.29 is 24.4 Å². The molecule has 0 atom stereocenters. The Morgan fingerprint density at radius 3 is 2.00 bits per heavy atom. The van der Waals surface area contributed by atoms with Gasteiger partial charge in [-0.3, -0.25) is 0 Å². The van der Waals surface area contributed by atoms with Gasteiger partial charge in [0.25, 0.3) is 0 Å². The molecule has 0 fully saturated rings. The van der Waals surface area contributed by atoms with E-state index in [9.17, 15) is 9.59 Å². The van der Waals surface area contributed by atoms with E-state index < -0.39 is 19.8 Å². The zero-order valence-corrected chi connectivity index (χ0v) is 16.4. The minimum Gasteiger partial charge on any atom is -0.424 e. The van der Waals surface area contributed by atoms with E-state index in [1.165, 1.54) is 5.32 Å². The van der Waals surface area contributed by atoms with Crippen LogP contribution in [0.1, 0.15) is 20.8 Å². The van der Waals surface area contributed by atoms with Crippen molar-refractivity contribution in [3.05, 3.63) is 24.3 Å². The summed E-state index contributed by atoms with van der Waals surface area (Å²) in [6.07, 6.45) is -0.423. The van der Waals surface area contributed by atoms with Crippen LogP contribution >= 0.6 is 47.8 Å². The van der Waals surface area contributed by atoms with Crippen LogP contribution in [-0.4, -0.2) is 19.8 Å². The van der Waals surface area contributed by atoms with E-state index in [4.69, 9.17) is 9.47 Å². The molecule has 0 aliphatic heterocycles. The molecule has 116 valence electrons. The Morgan fingerprint density at radius 1 is 1.05 bits per heavy atom. The van der Waals surface area contributed by atoms with Crippen molar-refractivity contribution in [3.63, 3.8) is 0 Å². The molecule has 1 aromatic rings. The second-order valence-electron chi connectivity index (χ2n) is 5.13. The normalized spacial score (nSPS) is 11.9. The Bertz CT molecular complexity index is 518. The van der Waals surface area contributed by atoms with Crippen molar-refractivity contribution in [2.75, 3.05) is 0 Å². The van der Waals surface area contributed by atoms with Crippen LogP contribution in [0, 0.1) is 0 Å². The van der Waals surface area contributed by atoms with Gasteiger partial charge < -0.3 is 9.47 Å². The highest BCUT2D eigenvalue weighted by molar-refractivity contribution is 9.40. The number of halogens is 3. The van der Waals surface area contributed by atoms with Crippen molar-refractivity contribution in [1.29, 1.82) is 0 Å². The van der Waals surface area contributed by atoms with Gasteiger partial charge in [0.2, 0.25) is 2.14 Å². The summed E-state index contributed by atoms with van der Waals surface area (Å²) in [5.41, 5.74) is 0.125. The molecule has 0 bridgehead atoms. The molecule has 5 nitrogen and oxygen atoms in total. The molecule has 0 saturated carbocycles. The fraction of sp³-hybridized carbons (Fsp3) is 0.385. The van der Waals surface area contributed by atoms with Crippen LogP contribution in [0.3, 0.4) is 0 Å². The van der Waals surface area contributed by atoms with Crippen LogP contribution in [-0.2, 0) is 9.53 Å². The lowest BCUT2D eigenvalue weighted by atomic mass is 10.2. The Kier molecular flexibility index (Phi) is 6.39. The average molecular weight is 489 g/mol. The Morgan fingerprint density at radius 2 is 1.57 bits per heavy atom. The standard InChI is InChI=1S/C13H14Br3NO4/c1-12(2,3)21-11(19)17-8-4-6-9(7-5-8)20-10(18)13(14,15)16/h4-7H,1-3H3,(H,17,19)/p+1. The molecule has 0 aliphatic rings. The number of carbonyl (C=O) groups is 2. The summed E-state index contributed by atoms with van der Waals surface area (Å²) < 4.78 is 9.18. The predicted molar refractivity (Wildman–Crippen MR) is 89.4 cm³/mol. The molecule has 2 N–H and O–H groups in total. The molecule has 0 spiro atoms. The molecule has 0 aromatic heterocycles. The molecular weight excluding hydrogens is 474 g/mol. The first-order chi connectivity index (χ1) is 9.47. The van der Waals surface area contributed by atoms with E-state index in [-0.39, 0.29) is 0 Å². The monoisotopic (exact) mass is 486 g/mol. The Hall–Kier alpha value is -0.440. The molecule has 0 unspecified atom stereocenters. The SMILES string of the molecule is CC(C)(C)OC(=O)[NH2+]c1ccc(OC(=O)C(Br)(Br)Br)cc1. The minimum absolute atomic E-state index is 0.365. The molecule has 1 rings (SSSR count). The number of hydrogen-bond acceptors (Lipinski definition) is 4. The van der Waals surface area contributed by atoms with E-state index in [0.717, 1.165) is 0 Å². The molecular formula is C13H15Br3NO4+. The third-order valence-electron chi connectivity index (χ3n) is 2.01. The fourth-order valence-electron chi connectivity index (χ4n) is 1.26. The summed E-state index contributed by atoms with van der Waals surface area (Å²) in [5, 5.41) is 1.38. The third-order valence-corrected chi connectivity index (χ3v) is 2.98. The molecule has 8 heteroatoms. The van der Waals surface area contributed by atoms with Crippen LogP contribution in [0.5, 0.6) is 5.75 Å². The lowest BCUT2D eigenvalue weighted by Gasteiger charge is -2.16. The maximum Gasteiger partial charge on any atom is 0.518 e. The largest absolute Gasteiger partial charge is 0.518 e. The fourth-order valence-corrected chi connectivity index (χ4v) is 1.51. The smallest absolute Gasteiger partial charge is 0.424 e. The number of rotatable bonds is 2. The molecule has 21 heavy (non-hydrogen) atoms. The molecule has 0 saturated heterocycles. The van der Waals surface area contributed by atoms with Gasteiger partial charge in [0.1, 0.15) is 17.0 Å². The minimum atomic E-state index is -1.12. The van der Waals surface area contributed by atoms with E-state index in [2.05, 4.69) is 47.8 Å². The number of ether oxygens (including phenoxy) is 2. The number of carbonyl (C=O) groups excluding carboxylic acids is 2.